The van der Waals surface area contributed by atoms with E-state index in [0.717, 1.165) is 36.8 Å². The van der Waals surface area contributed by atoms with Crippen molar-refractivity contribution in [2.75, 3.05) is 26.2 Å². The number of thioether (sulfide) groups is 2. The molecule has 18 heteroatoms. The molecule has 0 saturated carbocycles. The summed E-state index contributed by atoms with van der Waals surface area (Å²) in [6.07, 6.45) is -3.97. The van der Waals surface area contributed by atoms with Crippen LogP contribution in [0.25, 0.3) is 0 Å². The number of halogens is 12. The van der Waals surface area contributed by atoms with Crippen LogP contribution in [0.15, 0.2) is 48.9 Å². The van der Waals surface area contributed by atoms with Crippen LogP contribution in [0.3, 0.4) is 0 Å². The Kier molecular flexibility index (Phi) is 14.9. The largest absolute Gasteiger partial charge is 0.442 e. The van der Waals surface area contributed by atoms with Crippen molar-refractivity contribution >= 4 is 23.5 Å². The molecule has 2 N–H and O–H groups in total. The van der Waals surface area contributed by atoms with Crippen molar-refractivity contribution in [3.05, 3.63) is 60.2 Å². The molecule has 2 aliphatic heterocycles. The number of hydrogen-bond donors (Lipinski definition) is 2. The lowest BCUT2D eigenvalue weighted by Gasteiger charge is -2.09. The molecule has 0 bridgehead atoms. The van der Waals surface area contributed by atoms with Gasteiger partial charge in [-0.1, -0.05) is 6.07 Å². The molecule has 0 unspecified atom stereocenters. The Morgan fingerprint density at radius 1 is 0.625 bits per heavy atom. The van der Waals surface area contributed by atoms with Crippen molar-refractivity contribution in [3.8, 4) is 0 Å². The Morgan fingerprint density at radius 2 is 1.10 bits per heavy atom. The second-order valence-corrected chi connectivity index (χ2v) is 10.5. The molecule has 4 heterocycles. The molecule has 2 aromatic rings. The van der Waals surface area contributed by atoms with E-state index in [1.807, 2.05) is 0 Å². The van der Waals surface area contributed by atoms with E-state index in [1.54, 1.807) is 0 Å². The molecule has 40 heavy (non-hydrogen) atoms. The average Bonchev–Trinajstić information content (AvgIpc) is 3.53. The van der Waals surface area contributed by atoms with Crippen LogP contribution >= 0.6 is 23.5 Å². The zero-order chi connectivity index (χ0) is 30.5. The maximum absolute atomic E-state index is 11.8. The molecule has 0 aliphatic carbocycles. The second-order valence-electron chi connectivity index (χ2n) is 7.80. The summed E-state index contributed by atoms with van der Waals surface area (Å²) in [5.74, 6) is 0. The van der Waals surface area contributed by atoms with Gasteiger partial charge in [-0.25, -0.2) is 0 Å². The highest BCUT2D eigenvalue weighted by Gasteiger charge is 2.35. The van der Waals surface area contributed by atoms with Crippen molar-refractivity contribution < 1.29 is 52.7 Å². The first kappa shape index (κ1) is 36.1. The highest BCUT2D eigenvalue weighted by molar-refractivity contribution is 8.01. The lowest BCUT2D eigenvalue weighted by Crippen LogP contribution is -2.15. The van der Waals surface area contributed by atoms with Crippen molar-refractivity contribution in [1.29, 1.82) is 0 Å². The fourth-order valence-electron chi connectivity index (χ4n) is 2.91. The van der Waals surface area contributed by atoms with Gasteiger partial charge < -0.3 is 10.6 Å². The molecular weight excluding hydrogens is 612 g/mol. The summed E-state index contributed by atoms with van der Waals surface area (Å²) in [4.78, 5) is 6.58. The predicted molar refractivity (Wildman–Crippen MR) is 128 cm³/mol. The minimum Gasteiger partial charge on any atom is -0.316 e. The first-order valence-electron chi connectivity index (χ1n) is 11.2. The number of nitrogens with zero attached hydrogens (tertiary/aromatic N) is 2. The van der Waals surface area contributed by atoms with Gasteiger partial charge in [-0.05, 0) is 73.7 Å². The monoisotopic (exact) mass is 636 g/mol. The third-order valence-corrected chi connectivity index (χ3v) is 6.60. The van der Waals surface area contributed by atoms with E-state index in [0.29, 0.717) is 39.0 Å². The van der Waals surface area contributed by atoms with Gasteiger partial charge in [-0.3, -0.25) is 9.97 Å². The molecule has 2 aromatic heterocycles. The molecule has 0 spiro atoms. The van der Waals surface area contributed by atoms with Gasteiger partial charge in [0.25, 0.3) is 0 Å². The average molecular weight is 637 g/mol. The normalized spacial score (nSPS) is 19.4. The standard InChI is InChI=1S/2C6H4F3N.2C5H8F3NS/c7-6(8,9)5-1-3-10-4-2-5;7-6(8,9)5-3-1-2-4-10-5;2*6-5(7,8)10-4-1-2-9-3-4/h2*1-4H;2*4,9H,1-3H2/t;;2*4-/m..10/s1. The topological polar surface area (TPSA) is 49.8 Å². The molecule has 0 aromatic carbocycles. The van der Waals surface area contributed by atoms with Crippen LogP contribution in [0.2, 0.25) is 0 Å². The van der Waals surface area contributed by atoms with Gasteiger partial charge in [0.2, 0.25) is 0 Å². The zero-order valence-electron chi connectivity index (χ0n) is 20.3. The van der Waals surface area contributed by atoms with E-state index in [9.17, 15) is 52.7 Å². The molecule has 2 atom stereocenters. The van der Waals surface area contributed by atoms with Crippen LogP contribution in [-0.2, 0) is 12.4 Å². The Morgan fingerprint density at radius 3 is 1.35 bits per heavy atom. The van der Waals surface area contributed by atoms with E-state index in [-0.39, 0.29) is 34.0 Å². The Hall–Kier alpha value is -1.92. The maximum Gasteiger partial charge on any atom is 0.442 e. The van der Waals surface area contributed by atoms with Gasteiger partial charge in [0.15, 0.2) is 0 Å². The van der Waals surface area contributed by atoms with Gasteiger partial charge in [-0.15, -0.1) is 0 Å². The smallest absolute Gasteiger partial charge is 0.316 e. The van der Waals surface area contributed by atoms with E-state index < -0.39 is 34.6 Å². The number of rotatable bonds is 2. The third kappa shape index (κ3) is 17.7. The van der Waals surface area contributed by atoms with Gasteiger partial charge in [0.05, 0.1) is 5.56 Å². The lowest BCUT2D eigenvalue weighted by molar-refractivity contribution is -0.141. The molecule has 4 rings (SSSR count). The number of nitrogens with one attached hydrogen (secondary N) is 2. The summed E-state index contributed by atoms with van der Waals surface area (Å²) >= 11 is 0.204. The molecule has 4 nitrogen and oxygen atoms in total. The third-order valence-electron chi connectivity index (χ3n) is 4.59. The summed E-state index contributed by atoms with van der Waals surface area (Å²) in [6, 6.07) is 5.53. The number of hydrogen-bond acceptors (Lipinski definition) is 6. The quantitative estimate of drug-likeness (QED) is 0.335. The lowest BCUT2D eigenvalue weighted by atomic mass is 10.3. The van der Waals surface area contributed by atoms with E-state index >= 15 is 0 Å². The Labute approximate surface area is 230 Å². The van der Waals surface area contributed by atoms with Crippen molar-refractivity contribution in [2.24, 2.45) is 0 Å². The maximum atomic E-state index is 11.8. The number of alkyl halides is 12. The van der Waals surface area contributed by atoms with E-state index in [1.165, 1.54) is 12.1 Å². The van der Waals surface area contributed by atoms with Crippen molar-refractivity contribution in [1.82, 2.24) is 20.6 Å². The van der Waals surface area contributed by atoms with Crippen molar-refractivity contribution in [3.63, 3.8) is 0 Å². The van der Waals surface area contributed by atoms with Gasteiger partial charge >= 0.3 is 23.4 Å². The van der Waals surface area contributed by atoms with Crippen LogP contribution < -0.4 is 10.6 Å². The highest BCUT2D eigenvalue weighted by Crippen LogP contribution is 2.36. The van der Waals surface area contributed by atoms with E-state index in [4.69, 9.17) is 0 Å². The molecular formula is C22H24F12N4S2. The molecule has 2 aliphatic rings. The summed E-state index contributed by atoms with van der Waals surface area (Å²) < 4.78 is 140. The van der Waals surface area contributed by atoms with Crippen LogP contribution in [0.1, 0.15) is 24.1 Å². The van der Waals surface area contributed by atoms with Crippen LogP contribution in [0, 0.1) is 0 Å². The van der Waals surface area contributed by atoms with Crippen molar-refractivity contribution in [2.45, 2.75) is 46.7 Å². The second kappa shape index (κ2) is 16.5. The summed E-state index contributed by atoms with van der Waals surface area (Å²) in [5.41, 5.74) is -9.63. The van der Waals surface area contributed by atoms with E-state index in [2.05, 4.69) is 20.6 Å². The molecule has 2 saturated heterocycles. The van der Waals surface area contributed by atoms with Gasteiger partial charge in [0.1, 0.15) is 5.69 Å². The predicted octanol–water partition coefficient (Wildman–Crippen LogP) is 7.40. The Balaban J connectivity index is 0.000000267. The number of pyridine rings is 2. The number of aromatic nitrogens is 2. The first-order chi connectivity index (χ1) is 18.4. The fourth-order valence-corrected chi connectivity index (χ4v) is 4.54. The summed E-state index contributed by atoms with van der Waals surface area (Å²) in [7, 11) is 0. The molecule has 0 radical (unpaired) electrons. The molecule has 228 valence electrons. The first-order valence-corrected chi connectivity index (χ1v) is 13.0. The van der Waals surface area contributed by atoms with Crippen LogP contribution in [0.5, 0.6) is 0 Å². The van der Waals surface area contributed by atoms with Crippen LogP contribution in [0.4, 0.5) is 52.7 Å². The minimum absolute atomic E-state index is 0.102. The Bertz CT molecular complexity index is 850. The molecule has 0 amide bonds. The molecule has 2 fully saturated rings. The summed E-state index contributed by atoms with van der Waals surface area (Å²) in [5, 5.41) is 5.22. The van der Waals surface area contributed by atoms with Gasteiger partial charge in [-0.2, -0.15) is 52.7 Å². The highest BCUT2D eigenvalue weighted by atomic mass is 32.2. The summed E-state index contributed by atoms with van der Waals surface area (Å²) in [6.45, 7) is 2.41. The fraction of sp³-hybridized carbons (Fsp3) is 0.545. The van der Waals surface area contributed by atoms with Gasteiger partial charge in [0, 0.05) is 42.2 Å². The SMILES string of the molecule is FC(F)(F)S[C@@H]1CCNC1.FC(F)(F)S[C@H]1CCNC1.FC(F)(F)c1ccccn1.FC(F)(F)c1ccncc1. The zero-order valence-corrected chi connectivity index (χ0v) is 21.9. The minimum atomic E-state index is -4.32. The van der Waals surface area contributed by atoms with Crippen LogP contribution in [-0.4, -0.2) is 57.7 Å².